The molecule has 60 heavy (non-hydrogen) atoms. The quantitative estimate of drug-likeness (QED) is 0.275. The van der Waals surface area contributed by atoms with E-state index < -0.39 is 0 Å². The molecule has 336 valence electrons. The van der Waals surface area contributed by atoms with Crippen LogP contribution < -0.4 is 0 Å². The van der Waals surface area contributed by atoms with Crippen LogP contribution in [-0.4, -0.2) is 57.9 Å². The number of hydrogen-bond acceptors (Lipinski definition) is 4. The summed E-state index contributed by atoms with van der Waals surface area (Å²) in [6.07, 6.45) is 52.3. The molecule has 0 N–H and O–H groups in total. The van der Waals surface area contributed by atoms with Gasteiger partial charge in [0.05, 0.1) is 24.4 Å². The molecule has 3 saturated heterocycles. The maximum atomic E-state index is 7.73. The van der Waals surface area contributed by atoms with Crippen LogP contribution in [0.4, 0.5) is 0 Å². The molecule has 13 fully saturated rings. The molecule has 0 aromatic carbocycles. The number of nitrogens with zero attached hydrogens (tertiary/aromatic N) is 1. The molecule has 0 aromatic rings. The molecule has 4 heteroatoms. The van der Waals surface area contributed by atoms with Crippen molar-refractivity contribution in [2.45, 2.75) is 265 Å². The highest BCUT2D eigenvalue weighted by Crippen LogP contribution is 2.63. The lowest BCUT2D eigenvalue weighted by molar-refractivity contribution is -0.0859. The second-order valence-corrected chi connectivity index (χ2v) is 26.9. The van der Waals surface area contributed by atoms with Crippen LogP contribution in [0.2, 0.25) is 0 Å². The Bertz CT molecular complexity index is 1480. The Kier molecular flexibility index (Phi) is 11.6. The SMILES string of the molecule is C1CCC2C(C1)CCC1CCC(C3CCC(N(C4CCCC(C5CCCC6C7CCC8SC9CCCCC9C8C7OC56)C4)C4CCCC5OC6CCCCC6C54)CC3)CC12. The first-order chi connectivity index (χ1) is 29.7. The van der Waals surface area contributed by atoms with Gasteiger partial charge in [-0.2, -0.15) is 11.8 Å². The van der Waals surface area contributed by atoms with E-state index in [9.17, 15) is 0 Å². The molecule has 10 saturated carbocycles. The third-order valence-corrected chi connectivity index (χ3v) is 25.1. The van der Waals surface area contributed by atoms with E-state index in [4.69, 9.17) is 9.47 Å². The van der Waals surface area contributed by atoms with Crippen molar-refractivity contribution in [1.82, 2.24) is 4.90 Å². The van der Waals surface area contributed by atoms with Crippen LogP contribution in [0.5, 0.6) is 0 Å². The molecule has 0 bridgehead atoms. The Balaban J connectivity index is 0.739. The molecule has 0 amide bonds. The van der Waals surface area contributed by atoms with Gasteiger partial charge in [-0.25, -0.2) is 0 Å². The summed E-state index contributed by atoms with van der Waals surface area (Å²) in [6, 6.07) is 2.46. The molecule has 0 aromatic heterocycles. The van der Waals surface area contributed by atoms with E-state index in [-0.39, 0.29) is 0 Å². The summed E-state index contributed by atoms with van der Waals surface area (Å²) < 4.78 is 14.9. The van der Waals surface area contributed by atoms with E-state index in [1.165, 1.54) is 148 Å². The Morgan fingerprint density at radius 3 is 1.87 bits per heavy atom. The predicted molar refractivity (Wildman–Crippen MR) is 247 cm³/mol. The number of hydrogen-bond donors (Lipinski definition) is 0. The van der Waals surface area contributed by atoms with E-state index in [0.717, 1.165) is 111 Å². The molecule has 13 rings (SSSR count). The highest BCUT2D eigenvalue weighted by Gasteiger charge is 2.61. The van der Waals surface area contributed by atoms with Gasteiger partial charge in [0.15, 0.2) is 0 Å². The number of thioether (sulfide) groups is 1. The molecule has 3 heterocycles. The van der Waals surface area contributed by atoms with Crippen LogP contribution in [-0.2, 0) is 9.47 Å². The summed E-state index contributed by atoms with van der Waals surface area (Å²) in [4.78, 5) is 3.43. The molecular weight excluding hydrogens is 751 g/mol. The zero-order chi connectivity index (χ0) is 39.3. The lowest BCUT2D eigenvalue weighted by Gasteiger charge is -2.54. The molecule has 21 atom stereocenters. The van der Waals surface area contributed by atoms with Crippen LogP contribution in [0.1, 0.15) is 212 Å². The second-order valence-electron chi connectivity index (χ2n) is 25.4. The van der Waals surface area contributed by atoms with Crippen molar-refractivity contribution in [2.24, 2.45) is 82.9 Å². The van der Waals surface area contributed by atoms with Crippen molar-refractivity contribution < 1.29 is 9.47 Å². The lowest BCUT2D eigenvalue weighted by atomic mass is 9.55. The average Bonchev–Trinajstić information content (AvgIpc) is 4.01. The third kappa shape index (κ3) is 7.07. The van der Waals surface area contributed by atoms with Crippen LogP contribution in [0.3, 0.4) is 0 Å². The molecule has 21 unspecified atom stereocenters. The molecular formula is C56H89NO2S. The monoisotopic (exact) mass is 840 g/mol. The minimum atomic E-state index is 0.569. The summed E-state index contributed by atoms with van der Waals surface area (Å²) in [5, 5.41) is 1.90. The summed E-state index contributed by atoms with van der Waals surface area (Å²) >= 11 is 2.46. The van der Waals surface area contributed by atoms with Crippen LogP contribution in [0, 0.1) is 82.9 Å². The highest BCUT2D eigenvalue weighted by atomic mass is 32.2. The van der Waals surface area contributed by atoms with Gasteiger partial charge >= 0.3 is 0 Å². The summed E-state index contributed by atoms with van der Waals surface area (Å²) in [5.41, 5.74) is 0. The zero-order valence-electron chi connectivity index (χ0n) is 38.3. The Labute approximate surface area is 372 Å². The molecule has 10 aliphatic carbocycles. The molecule has 13 aliphatic rings. The minimum absolute atomic E-state index is 0.569. The standard InChI is InChI=1S/C56H89NO2S/c1-2-13-41-35(10-1)22-23-36-24-25-37(33-47(36)41)34-26-28-39(29-27-34)57(48-18-9-20-50-53(48)45-14-3-5-19-49(45)58-50)40-12-7-11-38(32-40)42-16-8-17-43-44-30-31-52-54(56(44)59-55(42)43)46-15-4-6-21-51(46)60-52/h34-56H,1-33H2. The van der Waals surface area contributed by atoms with Gasteiger partial charge < -0.3 is 9.47 Å². The van der Waals surface area contributed by atoms with Gasteiger partial charge in [0, 0.05) is 40.5 Å². The average molecular weight is 840 g/mol. The maximum Gasteiger partial charge on any atom is 0.0652 e. The van der Waals surface area contributed by atoms with Crippen molar-refractivity contribution in [3.63, 3.8) is 0 Å². The molecule has 3 nitrogen and oxygen atoms in total. The smallest absolute Gasteiger partial charge is 0.0652 e. The fourth-order valence-electron chi connectivity index (χ4n) is 21.0. The van der Waals surface area contributed by atoms with Crippen molar-refractivity contribution in [3.05, 3.63) is 0 Å². The second kappa shape index (κ2) is 17.1. The van der Waals surface area contributed by atoms with E-state index in [2.05, 4.69) is 16.7 Å². The third-order valence-electron chi connectivity index (χ3n) is 23.3. The van der Waals surface area contributed by atoms with E-state index in [1.807, 2.05) is 0 Å². The predicted octanol–water partition coefficient (Wildman–Crippen LogP) is 14.0. The Morgan fingerprint density at radius 1 is 0.317 bits per heavy atom. The molecule has 0 spiro atoms. The minimum Gasteiger partial charge on any atom is -0.374 e. The summed E-state index contributed by atoms with van der Waals surface area (Å²) in [7, 11) is 0. The van der Waals surface area contributed by atoms with Gasteiger partial charge in [-0.15, -0.1) is 0 Å². The van der Waals surface area contributed by atoms with Crippen molar-refractivity contribution in [2.75, 3.05) is 0 Å². The van der Waals surface area contributed by atoms with Gasteiger partial charge in [-0.1, -0.05) is 57.8 Å². The van der Waals surface area contributed by atoms with Crippen molar-refractivity contribution >= 4 is 11.8 Å². The van der Waals surface area contributed by atoms with Crippen LogP contribution in [0.15, 0.2) is 0 Å². The number of ether oxygens (including phenoxy) is 2. The van der Waals surface area contributed by atoms with Gasteiger partial charge in [-0.05, 0) is 225 Å². The topological polar surface area (TPSA) is 21.7 Å². The Hall–Kier alpha value is 0.230. The highest BCUT2D eigenvalue weighted by molar-refractivity contribution is 8.00. The maximum absolute atomic E-state index is 7.73. The van der Waals surface area contributed by atoms with Gasteiger partial charge in [-0.3, -0.25) is 4.90 Å². The zero-order valence-corrected chi connectivity index (χ0v) is 39.1. The van der Waals surface area contributed by atoms with Gasteiger partial charge in [0.2, 0.25) is 0 Å². The summed E-state index contributed by atoms with van der Waals surface area (Å²) in [6.45, 7) is 0. The van der Waals surface area contributed by atoms with E-state index in [0.29, 0.717) is 24.4 Å². The first-order valence-corrected chi connectivity index (χ1v) is 29.4. The fraction of sp³-hybridized carbons (Fsp3) is 1.00. The first kappa shape index (κ1) is 40.5. The van der Waals surface area contributed by atoms with Crippen molar-refractivity contribution in [1.29, 1.82) is 0 Å². The fourth-order valence-corrected chi connectivity index (χ4v) is 23.1. The van der Waals surface area contributed by atoms with Crippen LogP contribution in [0.25, 0.3) is 0 Å². The Morgan fingerprint density at radius 2 is 0.967 bits per heavy atom. The lowest BCUT2D eigenvalue weighted by Crippen LogP contribution is -2.58. The summed E-state index contributed by atoms with van der Waals surface area (Å²) in [5.74, 6) is 13.6. The normalized spacial score (nSPS) is 56.2. The van der Waals surface area contributed by atoms with E-state index in [1.54, 1.807) is 64.2 Å². The largest absolute Gasteiger partial charge is 0.374 e. The first-order valence-electron chi connectivity index (χ1n) is 28.5. The van der Waals surface area contributed by atoms with Crippen molar-refractivity contribution in [3.8, 4) is 0 Å². The molecule has 3 aliphatic heterocycles. The number of fused-ring (bicyclic) bond motifs is 13. The molecule has 0 radical (unpaired) electrons. The van der Waals surface area contributed by atoms with Gasteiger partial charge in [0.1, 0.15) is 0 Å². The van der Waals surface area contributed by atoms with Crippen LogP contribution >= 0.6 is 11.8 Å². The number of rotatable bonds is 5. The van der Waals surface area contributed by atoms with Gasteiger partial charge in [0.25, 0.3) is 0 Å². The van der Waals surface area contributed by atoms with E-state index >= 15 is 0 Å².